The highest BCUT2D eigenvalue weighted by molar-refractivity contribution is 5.97. The second-order valence-corrected chi connectivity index (χ2v) is 4.97. The molecule has 0 atom stereocenters. The first-order chi connectivity index (χ1) is 10.1. The van der Waals surface area contributed by atoms with Gasteiger partial charge in [0.25, 0.3) is 5.91 Å². The fraction of sp³-hybridized carbons (Fsp3) is 0.467. The Bertz CT molecular complexity index is 524. The number of carbonyl (C=O) groups excluding carboxylic acids is 2. The van der Waals surface area contributed by atoms with Gasteiger partial charge in [0, 0.05) is 26.1 Å². The van der Waals surface area contributed by atoms with E-state index in [4.69, 9.17) is 4.74 Å². The highest BCUT2D eigenvalue weighted by atomic mass is 16.5. The fourth-order valence-electron chi connectivity index (χ4n) is 2.19. The summed E-state index contributed by atoms with van der Waals surface area (Å²) >= 11 is 0. The van der Waals surface area contributed by atoms with E-state index in [1.807, 2.05) is 0 Å². The number of aromatic hydroxyl groups is 1. The van der Waals surface area contributed by atoms with Crippen LogP contribution in [0.5, 0.6) is 5.75 Å². The van der Waals surface area contributed by atoms with Gasteiger partial charge in [0.1, 0.15) is 5.75 Å². The lowest BCUT2D eigenvalue weighted by atomic mass is 10.1. The Balaban J connectivity index is 1.81. The van der Waals surface area contributed by atoms with Crippen LogP contribution in [0, 0.1) is 6.92 Å². The molecule has 0 aromatic heterocycles. The SMILES string of the molecule is Cc1cccc(C(=O)NCCC(=O)N2CCOCC2)c1O. The standard InChI is InChI=1S/C15H20N2O4/c1-11-3-2-4-12(14(11)19)15(20)16-6-5-13(18)17-7-9-21-10-8-17/h2-4,19H,5-10H2,1H3,(H,16,20). The molecule has 1 aliphatic heterocycles. The summed E-state index contributed by atoms with van der Waals surface area (Å²) in [6, 6.07) is 5.00. The summed E-state index contributed by atoms with van der Waals surface area (Å²) < 4.78 is 5.18. The van der Waals surface area contributed by atoms with Crippen LogP contribution in [0.25, 0.3) is 0 Å². The molecule has 1 fully saturated rings. The van der Waals surface area contributed by atoms with Crippen LogP contribution in [0.3, 0.4) is 0 Å². The molecular formula is C15H20N2O4. The zero-order valence-electron chi connectivity index (χ0n) is 12.1. The number of nitrogens with zero attached hydrogens (tertiary/aromatic N) is 1. The number of para-hydroxylation sites is 1. The number of phenols is 1. The van der Waals surface area contributed by atoms with Gasteiger partial charge in [-0.1, -0.05) is 12.1 Å². The van der Waals surface area contributed by atoms with Crippen LogP contribution in [0.15, 0.2) is 18.2 Å². The molecular weight excluding hydrogens is 272 g/mol. The predicted octanol–water partition coefficient (Wildman–Crippen LogP) is 0.679. The molecule has 2 N–H and O–H groups in total. The third-order valence-corrected chi connectivity index (χ3v) is 3.47. The van der Waals surface area contributed by atoms with Crippen LogP contribution >= 0.6 is 0 Å². The lowest BCUT2D eigenvalue weighted by Crippen LogP contribution is -2.42. The van der Waals surface area contributed by atoms with Crippen molar-refractivity contribution in [1.29, 1.82) is 0 Å². The summed E-state index contributed by atoms with van der Waals surface area (Å²) in [4.78, 5) is 25.6. The van der Waals surface area contributed by atoms with Gasteiger partial charge in [-0.3, -0.25) is 9.59 Å². The lowest BCUT2D eigenvalue weighted by Gasteiger charge is -2.26. The minimum absolute atomic E-state index is 0.00654. The van der Waals surface area contributed by atoms with E-state index in [1.54, 1.807) is 30.0 Å². The van der Waals surface area contributed by atoms with Crippen molar-refractivity contribution >= 4 is 11.8 Å². The van der Waals surface area contributed by atoms with E-state index in [2.05, 4.69) is 5.32 Å². The summed E-state index contributed by atoms with van der Waals surface area (Å²) in [6.07, 6.45) is 0.248. The van der Waals surface area contributed by atoms with Gasteiger partial charge in [-0.15, -0.1) is 0 Å². The van der Waals surface area contributed by atoms with Crippen molar-refractivity contribution < 1.29 is 19.4 Å². The van der Waals surface area contributed by atoms with E-state index in [1.165, 1.54) is 0 Å². The van der Waals surface area contributed by atoms with Crippen molar-refractivity contribution in [2.45, 2.75) is 13.3 Å². The second-order valence-electron chi connectivity index (χ2n) is 4.97. The summed E-state index contributed by atoms with van der Waals surface area (Å²) in [6.45, 7) is 4.32. The largest absolute Gasteiger partial charge is 0.507 e. The summed E-state index contributed by atoms with van der Waals surface area (Å²) in [5, 5.41) is 12.5. The first-order valence-corrected chi connectivity index (χ1v) is 7.02. The maximum absolute atomic E-state index is 12.0. The van der Waals surface area contributed by atoms with Gasteiger partial charge >= 0.3 is 0 Å². The molecule has 1 aliphatic rings. The minimum atomic E-state index is -0.369. The topological polar surface area (TPSA) is 78.9 Å². The van der Waals surface area contributed by atoms with E-state index >= 15 is 0 Å². The van der Waals surface area contributed by atoms with E-state index in [0.717, 1.165) is 0 Å². The van der Waals surface area contributed by atoms with Gasteiger partial charge in [-0.05, 0) is 18.6 Å². The lowest BCUT2D eigenvalue weighted by molar-refractivity contribution is -0.135. The Labute approximate surface area is 123 Å². The van der Waals surface area contributed by atoms with E-state index in [0.29, 0.717) is 31.9 Å². The molecule has 21 heavy (non-hydrogen) atoms. The Kier molecular flexibility index (Phi) is 5.16. The van der Waals surface area contributed by atoms with Crippen molar-refractivity contribution in [3.8, 4) is 5.75 Å². The molecule has 2 rings (SSSR count). The van der Waals surface area contributed by atoms with Crippen LogP contribution in [0.4, 0.5) is 0 Å². The number of morpholine rings is 1. The number of hydrogen-bond donors (Lipinski definition) is 2. The monoisotopic (exact) mass is 292 g/mol. The highest BCUT2D eigenvalue weighted by Crippen LogP contribution is 2.20. The molecule has 0 spiro atoms. The van der Waals surface area contributed by atoms with E-state index in [-0.39, 0.29) is 36.1 Å². The molecule has 6 heteroatoms. The smallest absolute Gasteiger partial charge is 0.255 e. The summed E-state index contributed by atoms with van der Waals surface area (Å²) in [7, 11) is 0. The van der Waals surface area contributed by atoms with Crippen LogP contribution in [-0.2, 0) is 9.53 Å². The number of hydrogen-bond acceptors (Lipinski definition) is 4. The predicted molar refractivity (Wildman–Crippen MR) is 77.2 cm³/mol. The summed E-state index contributed by atoms with van der Waals surface area (Å²) in [5.41, 5.74) is 0.876. The number of carbonyl (C=O) groups is 2. The molecule has 114 valence electrons. The molecule has 2 amide bonds. The number of rotatable bonds is 4. The quantitative estimate of drug-likeness (QED) is 0.855. The molecule has 6 nitrogen and oxygen atoms in total. The molecule has 1 heterocycles. The van der Waals surface area contributed by atoms with Crippen LogP contribution in [-0.4, -0.2) is 54.7 Å². The number of benzene rings is 1. The average Bonchev–Trinajstić information content (AvgIpc) is 2.50. The fourth-order valence-corrected chi connectivity index (χ4v) is 2.19. The Morgan fingerprint density at radius 2 is 2.05 bits per heavy atom. The van der Waals surface area contributed by atoms with E-state index in [9.17, 15) is 14.7 Å². The van der Waals surface area contributed by atoms with Gasteiger partial charge < -0.3 is 20.1 Å². The molecule has 1 aromatic carbocycles. The number of ether oxygens (including phenoxy) is 1. The Hall–Kier alpha value is -2.08. The Morgan fingerprint density at radius 3 is 2.76 bits per heavy atom. The van der Waals surface area contributed by atoms with Gasteiger partial charge in [-0.2, -0.15) is 0 Å². The number of aryl methyl sites for hydroxylation is 1. The number of amides is 2. The number of nitrogens with one attached hydrogen (secondary N) is 1. The minimum Gasteiger partial charge on any atom is -0.507 e. The molecule has 1 aromatic rings. The zero-order valence-corrected chi connectivity index (χ0v) is 12.1. The Morgan fingerprint density at radius 1 is 1.33 bits per heavy atom. The van der Waals surface area contributed by atoms with E-state index < -0.39 is 0 Å². The van der Waals surface area contributed by atoms with Gasteiger partial charge in [0.2, 0.25) is 5.91 Å². The third kappa shape index (κ3) is 3.95. The van der Waals surface area contributed by atoms with Gasteiger partial charge in [0.15, 0.2) is 0 Å². The van der Waals surface area contributed by atoms with Crippen molar-refractivity contribution in [3.05, 3.63) is 29.3 Å². The van der Waals surface area contributed by atoms with Gasteiger partial charge in [-0.25, -0.2) is 0 Å². The van der Waals surface area contributed by atoms with Crippen molar-refractivity contribution in [3.63, 3.8) is 0 Å². The maximum Gasteiger partial charge on any atom is 0.255 e. The maximum atomic E-state index is 12.0. The zero-order chi connectivity index (χ0) is 15.2. The normalized spacial score (nSPS) is 14.8. The highest BCUT2D eigenvalue weighted by Gasteiger charge is 2.17. The molecule has 0 radical (unpaired) electrons. The molecule has 1 saturated heterocycles. The van der Waals surface area contributed by atoms with Crippen molar-refractivity contribution in [2.75, 3.05) is 32.8 Å². The number of phenolic OH excluding ortho intramolecular Hbond substituents is 1. The first-order valence-electron chi connectivity index (χ1n) is 7.02. The molecule has 0 aliphatic carbocycles. The molecule has 0 unspecified atom stereocenters. The first kappa shape index (κ1) is 15.3. The van der Waals surface area contributed by atoms with Crippen molar-refractivity contribution in [1.82, 2.24) is 10.2 Å². The van der Waals surface area contributed by atoms with Crippen LogP contribution < -0.4 is 5.32 Å². The third-order valence-electron chi connectivity index (χ3n) is 3.47. The molecule has 0 saturated carbocycles. The summed E-state index contributed by atoms with van der Waals surface area (Å²) in [5.74, 6) is -0.382. The second kappa shape index (κ2) is 7.08. The van der Waals surface area contributed by atoms with Crippen LogP contribution in [0.2, 0.25) is 0 Å². The molecule has 0 bridgehead atoms. The van der Waals surface area contributed by atoms with Crippen LogP contribution in [0.1, 0.15) is 22.3 Å². The van der Waals surface area contributed by atoms with Crippen molar-refractivity contribution in [2.24, 2.45) is 0 Å². The van der Waals surface area contributed by atoms with Gasteiger partial charge in [0.05, 0.1) is 18.8 Å². The average molecular weight is 292 g/mol.